The molecule has 0 spiro atoms. The molecule has 0 aliphatic rings. The van der Waals surface area contributed by atoms with Crippen LogP contribution in [-0.4, -0.2) is 41.7 Å². The van der Waals surface area contributed by atoms with Crippen LogP contribution in [0.3, 0.4) is 0 Å². The average molecular weight is 498 g/mol. The number of anilines is 1. The Morgan fingerprint density at radius 3 is 2.50 bits per heavy atom. The molecule has 0 aliphatic heterocycles. The number of ether oxygens (including phenoxy) is 1. The highest BCUT2D eigenvalue weighted by atomic mass is 32.2. The van der Waals surface area contributed by atoms with Crippen LogP contribution in [0.1, 0.15) is 5.69 Å². The number of methoxy groups -OCH3 is 1. The number of nitrogens with zero attached hydrogens (tertiary/aromatic N) is 4. The van der Waals surface area contributed by atoms with Gasteiger partial charge in [-0.05, 0) is 35.9 Å². The maximum atomic E-state index is 12.1. The molecule has 5 rings (SSSR count). The predicted molar refractivity (Wildman–Crippen MR) is 139 cm³/mol. The number of hydrogen-bond donors (Lipinski definition) is 1. The Labute approximate surface area is 209 Å². The minimum atomic E-state index is -3.44. The minimum absolute atomic E-state index is 0.106. The van der Waals surface area contributed by atoms with Crippen LogP contribution in [0.2, 0.25) is 0 Å². The van der Waals surface area contributed by atoms with E-state index >= 15 is 0 Å². The number of fused-ring (bicyclic) bond motifs is 1. The predicted octanol–water partition coefficient (Wildman–Crippen LogP) is 4.78. The number of rotatable bonds is 7. The maximum Gasteiger partial charge on any atom is 0.177 e. The summed E-state index contributed by atoms with van der Waals surface area (Å²) in [5.41, 5.74) is 3.85. The first-order valence-corrected chi connectivity index (χ1v) is 13.1. The number of benzene rings is 2. The summed E-state index contributed by atoms with van der Waals surface area (Å²) in [6.45, 7) is 0.439. The lowest BCUT2D eigenvalue weighted by atomic mass is 9.99. The van der Waals surface area contributed by atoms with Gasteiger partial charge in [0, 0.05) is 36.0 Å². The molecule has 0 bridgehead atoms. The molecule has 3 heterocycles. The molecule has 0 saturated heterocycles. The van der Waals surface area contributed by atoms with Crippen LogP contribution in [0.5, 0.6) is 5.75 Å². The topological polar surface area (TPSA) is 107 Å². The number of pyridine rings is 2. The molecule has 5 aromatic rings. The third-order valence-corrected chi connectivity index (χ3v) is 6.76. The zero-order valence-electron chi connectivity index (χ0n) is 19.7. The van der Waals surface area contributed by atoms with Gasteiger partial charge in [0.2, 0.25) is 0 Å². The summed E-state index contributed by atoms with van der Waals surface area (Å²) < 4.78 is 29.8. The fourth-order valence-electron chi connectivity index (χ4n) is 3.95. The quantitative estimate of drug-likeness (QED) is 0.342. The largest absolute Gasteiger partial charge is 0.496 e. The SMILES string of the molecule is COc1ccccc1-c1cccc2nc(-c3cncc(S(C)(=O)=O)c3)nc(NCc3ccccn3)c12. The Hall–Kier alpha value is -4.37. The van der Waals surface area contributed by atoms with E-state index in [4.69, 9.17) is 14.7 Å². The van der Waals surface area contributed by atoms with Gasteiger partial charge in [-0.25, -0.2) is 18.4 Å². The second-order valence-electron chi connectivity index (χ2n) is 8.15. The highest BCUT2D eigenvalue weighted by molar-refractivity contribution is 7.90. The number of aromatic nitrogens is 4. The smallest absolute Gasteiger partial charge is 0.177 e. The Morgan fingerprint density at radius 1 is 0.917 bits per heavy atom. The molecule has 0 radical (unpaired) electrons. The molecule has 0 atom stereocenters. The zero-order valence-corrected chi connectivity index (χ0v) is 20.5. The molecular formula is C27H23N5O3S. The third-order valence-electron chi connectivity index (χ3n) is 5.68. The van der Waals surface area contributed by atoms with Crippen molar-refractivity contribution < 1.29 is 13.2 Å². The van der Waals surface area contributed by atoms with Crippen molar-refractivity contribution in [2.24, 2.45) is 0 Å². The Morgan fingerprint density at radius 2 is 1.72 bits per heavy atom. The molecule has 0 amide bonds. The molecule has 180 valence electrons. The summed E-state index contributed by atoms with van der Waals surface area (Å²) >= 11 is 0. The van der Waals surface area contributed by atoms with Crippen LogP contribution in [0.4, 0.5) is 5.82 Å². The van der Waals surface area contributed by atoms with E-state index in [0.717, 1.165) is 34.2 Å². The van der Waals surface area contributed by atoms with Gasteiger partial charge in [0.15, 0.2) is 15.7 Å². The number of hydrogen-bond acceptors (Lipinski definition) is 8. The lowest BCUT2D eigenvalue weighted by Gasteiger charge is -2.16. The highest BCUT2D eigenvalue weighted by Gasteiger charge is 2.18. The van der Waals surface area contributed by atoms with Gasteiger partial charge >= 0.3 is 0 Å². The summed E-state index contributed by atoms with van der Waals surface area (Å²) in [6, 6.07) is 20.9. The van der Waals surface area contributed by atoms with Crippen LogP contribution in [0.15, 0.2) is 90.2 Å². The Bertz CT molecular complexity index is 1660. The highest BCUT2D eigenvalue weighted by Crippen LogP contribution is 2.38. The number of sulfone groups is 1. The zero-order chi connectivity index (χ0) is 25.1. The number of para-hydroxylation sites is 1. The van der Waals surface area contributed by atoms with E-state index in [9.17, 15) is 8.42 Å². The fourth-order valence-corrected chi connectivity index (χ4v) is 4.55. The van der Waals surface area contributed by atoms with Crippen LogP contribution in [0.25, 0.3) is 33.4 Å². The second-order valence-corrected chi connectivity index (χ2v) is 10.2. The van der Waals surface area contributed by atoms with Gasteiger partial charge in [0.1, 0.15) is 11.6 Å². The summed E-state index contributed by atoms with van der Waals surface area (Å²) in [5, 5.41) is 4.23. The van der Waals surface area contributed by atoms with E-state index in [1.807, 2.05) is 60.7 Å². The molecule has 3 aromatic heterocycles. The van der Waals surface area contributed by atoms with Crippen LogP contribution >= 0.6 is 0 Å². The Kier molecular flexibility index (Phi) is 6.30. The minimum Gasteiger partial charge on any atom is -0.496 e. The fraction of sp³-hybridized carbons (Fsp3) is 0.111. The molecule has 0 aliphatic carbocycles. The van der Waals surface area contributed by atoms with E-state index in [1.165, 1.54) is 12.3 Å². The van der Waals surface area contributed by atoms with Crippen molar-refractivity contribution in [3.63, 3.8) is 0 Å². The van der Waals surface area contributed by atoms with Crippen LogP contribution in [-0.2, 0) is 16.4 Å². The van der Waals surface area contributed by atoms with E-state index in [1.54, 1.807) is 19.5 Å². The summed E-state index contributed by atoms with van der Waals surface area (Å²) in [4.78, 5) is 18.2. The van der Waals surface area contributed by atoms with Crippen LogP contribution < -0.4 is 10.1 Å². The average Bonchev–Trinajstić information content (AvgIpc) is 2.91. The molecule has 1 N–H and O–H groups in total. The van der Waals surface area contributed by atoms with Gasteiger partial charge in [-0.1, -0.05) is 36.4 Å². The van der Waals surface area contributed by atoms with E-state index in [2.05, 4.69) is 15.3 Å². The lowest BCUT2D eigenvalue weighted by molar-refractivity contribution is 0.416. The van der Waals surface area contributed by atoms with Crippen molar-refractivity contribution in [1.82, 2.24) is 19.9 Å². The first-order chi connectivity index (χ1) is 17.4. The van der Waals surface area contributed by atoms with Crippen molar-refractivity contribution >= 4 is 26.6 Å². The first kappa shape index (κ1) is 23.4. The molecule has 0 unspecified atom stereocenters. The standard InChI is InChI=1S/C27H23N5O3S/c1-35-24-12-4-3-9-21(24)22-10-7-11-23-25(22)27(30-16-19-8-5-6-13-29-19)32-26(31-23)18-14-20(17-28-15-18)36(2,33)34/h3-15,17H,16H2,1-2H3,(H,30,31,32). The third kappa shape index (κ3) is 4.73. The van der Waals surface area contributed by atoms with Gasteiger partial charge in [0.05, 0.1) is 35.1 Å². The Balaban J connectivity index is 1.72. The molecule has 0 fully saturated rings. The van der Waals surface area contributed by atoms with Gasteiger partial charge < -0.3 is 10.1 Å². The van der Waals surface area contributed by atoms with E-state index in [-0.39, 0.29) is 4.90 Å². The summed E-state index contributed by atoms with van der Waals surface area (Å²) in [7, 11) is -1.80. The van der Waals surface area contributed by atoms with E-state index in [0.29, 0.717) is 29.3 Å². The van der Waals surface area contributed by atoms with Crippen molar-refractivity contribution in [3.05, 3.63) is 91.0 Å². The van der Waals surface area contributed by atoms with Crippen molar-refractivity contribution in [1.29, 1.82) is 0 Å². The first-order valence-electron chi connectivity index (χ1n) is 11.2. The second kappa shape index (κ2) is 9.71. The van der Waals surface area contributed by atoms with Gasteiger partial charge in [-0.15, -0.1) is 0 Å². The van der Waals surface area contributed by atoms with Gasteiger partial charge in [-0.3, -0.25) is 9.97 Å². The normalized spacial score (nSPS) is 11.4. The van der Waals surface area contributed by atoms with Gasteiger partial charge in [-0.2, -0.15) is 0 Å². The maximum absolute atomic E-state index is 12.1. The van der Waals surface area contributed by atoms with Gasteiger partial charge in [0.25, 0.3) is 0 Å². The molecule has 9 heteroatoms. The summed E-state index contributed by atoms with van der Waals surface area (Å²) in [5.74, 6) is 1.68. The van der Waals surface area contributed by atoms with Crippen molar-refractivity contribution in [2.75, 3.05) is 18.7 Å². The molecular weight excluding hydrogens is 474 g/mol. The molecule has 36 heavy (non-hydrogen) atoms. The van der Waals surface area contributed by atoms with Crippen LogP contribution in [0, 0.1) is 0 Å². The molecule has 8 nitrogen and oxygen atoms in total. The van der Waals surface area contributed by atoms with Crippen molar-refractivity contribution in [2.45, 2.75) is 11.4 Å². The lowest BCUT2D eigenvalue weighted by Crippen LogP contribution is -2.06. The molecule has 0 saturated carbocycles. The van der Waals surface area contributed by atoms with Crippen molar-refractivity contribution in [3.8, 4) is 28.3 Å². The van der Waals surface area contributed by atoms with E-state index < -0.39 is 9.84 Å². The summed E-state index contributed by atoms with van der Waals surface area (Å²) in [6.07, 6.45) is 5.76. The monoisotopic (exact) mass is 497 g/mol. The molecule has 2 aromatic carbocycles. The number of nitrogens with one attached hydrogen (secondary N) is 1.